The summed E-state index contributed by atoms with van der Waals surface area (Å²) in [6, 6.07) is 0. The molecule has 2 heterocycles. The van der Waals surface area contributed by atoms with Crippen molar-refractivity contribution in [2.75, 3.05) is 52.5 Å². The number of ether oxygens (including phenoxy) is 1. The summed E-state index contributed by atoms with van der Waals surface area (Å²) in [6.45, 7) is 20.7. The zero-order valence-corrected chi connectivity index (χ0v) is 23.7. The number of rotatable bonds is 8. The molecule has 2 aliphatic carbocycles. The van der Waals surface area contributed by atoms with Gasteiger partial charge in [0, 0.05) is 13.1 Å². The van der Waals surface area contributed by atoms with Crippen LogP contribution in [0.2, 0.25) is 0 Å². The van der Waals surface area contributed by atoms with Crippen LogP contribution in [-0.4, -0.2) is 73.4 Å². The van der Waals surface area contributed by atoms with E-state index in [2.05, 4.69) is 44.4 Å². The highest BCUT2D eigenvalue weighted by molar-refractivity contribution is 5.71. The third kappa shape index (κ3) is 5.93. The van der Waals surface area contributed by atoms with Gasteiger partial charge in [0.2, 0.25) is 0 Å². The standard InChI is InChI=1S/C30H54N2O3/c1-7-35-26(34)22-32-13-10-30(19-23(20-30)27(2,3)4)25(21-32)16-28(5,6)24-17-29(18-24)8-11-31(12-9-29)14-15-33/h23-25,33H,7-22H2,1-6H3. The molecule has 1 unspecified atom stereocenters. The lowest BCUT2D eigenvalue weighted by atomic mass is 9.45. The van der Waals surface area contributed by atoms with Crippen molar-refractivity contribution in [2.24, 2.45) is 39.4 Å². The molecular formula is C30H54N2O3. The maximum Gasteiger partial charge on any atom is 0.320 e. The molecule has 5 heteroatoms. The van der Waals surface area contributed by atoms with Crippen LogP contribution >= 0.6 is 0 Å². The molecule has 2 saturated carbocycles. The minimum absolute atomic E-state index is 0.0592. The summed E-state index contributed by atoms with van der Waals surface area (Å²) in [4.78, 5) is 17.1. The van der Waals surface area contributed by atoms with E-state index in [1.54, 1.807) is 0 Å². The third-order valence-corrected chi connectivity index (χ3v) is 11.0. The zero-order chi connectivity index (χ0) is 25.5. The van der Waals surface area contributed by atoms with E-state index in [0.29, 0.717) is 40.7 Å². The van der Waals surface area contributed by atoms with Gasteiger partial charge in [0.25, 0.3) is 0 Å². The van der Waals surface area contributed by atoms with Crippen LogP contribution in [-0.2, 0) is 9.53 Å². The molecule has 0 radical (unpaired) electrons. The predicted octanol–water partition coefficient (Wildman–Crippen LogP) is 5.21. The largest absolute Gasteiger partial charge is 0.465 e. The Morgan fingerprint density at radius 3 is 2.14 bits per heavy atom. The van der Waals surface area contributed by atoms with E-state index in [0.717, 1.165) is 44.6 Å². The number of carbonyl (C=O) groups excluding carboxylic acids is 1. The van der Waals surface area contributed by atoms with E-state index in [4.69, 9.17) is 4.74 Å². The Morgan fingerprint density at radius 1 is 0.943 bits per heavy atom. The Kier molecular flexibility index (Phi) is 8.02. The lowest BCUT2D eigenvalue weighted by molar-refractivity contribution is -0.150. The van der Waals surface area contributed by atoms with E-state index in [1.165, 1.54) is 51.4 Å². The van der Waals surface area contributed by atoms with Crippen LogP contribution in [0.25, 0.3) is 0 Å². The van der Waals surface area contributed by atoms with E-state index in [1.807, 2.05) is 6.92 Å². The lowest BCUT2D eigenvalue weighted by Crippen LogP contribution is -2.58. The molecule has 2 aliphatic heterocycles. The molecule has 4 fully saturated rings. The lowest BCUT2D eigenvalue weighted by Gasteiger charge is -2.62. The normalized spacial score (nSPS) is 28.1. The van der Waals surface area contributed by atoms with Gasteiger partial charge in [-0.15, -0.1) is 0 Å². The van der Waals surface area contributed by atoms with Crippen LogP contribution in [0.1, 0.15) is 92.9 Å². The summed E-state index contributed by atoms with van der Waals surface area (Å²) < 4.78 is 5.29. The number of hydrogen-bond acceptors (Lipinski definition) is 5. The van der Waals surface area contributed by atoms with Crippen molar-refractivity contribution in [3.63, 3.8) is 0 Å². The molecule has 0 amide bonds. The quantitative estimate of drug-likeness (QED) is 0.473. The molecule has 1 atom stereocenters. The smallest absolute Gasteiger partial charge is 0.320 e. The number of piperidine rings is 2. The minimum Gasteiger partial charge on any atom is -0.465 e. The monoisotopic (exact) mass is 490 g/mol. The van der Waals surface area contributed by atoms with Gasteiger partial charge in [-0.3, -0.25) is 9.69 Å². The van der Waals surface area contributed by atoms with Crippen molar-refractivity contribution >= 4 is 5.97 Å². The predicted molar refractivity (Wildman–Crippen MR) is 142 cm³/mol. The van der Waals surface area contributed by atoms with Crippen molar-refractivity contribution in [1.29, 1.82) is 0 Å². The summed E-state index contributed by atoms with van der Waals surface area (Å²) in [5, 5.41) is 9.28. The molecule has 4 rings (SSSR count). The van der Waals surface area contributed by atoms with E-state index in [-0.39, 0.29) is 12.6 Å². The number of likely N-dealkylation sites (tertiary alicyclic amines) is 2. The Balaban J connectivity index is 1.38. The fourth-order valence-corrected chi connectivity index (χ4v) is 8.21. The number of nitrogens with zero attached hydrogens (tertiary/aromatic N) is 2. The molecule has 35 heavy (non-hydrogen) atoms. The Labute approximate surface area is 215 Å². The van der Waals surface area contributed by atoms with Crippen LogP contribution in [0.5, 0.6) is 0 Å². The van der Waals surface area contributed by atoms with Gasteiger partial charge in [-0.1, -0.05) is 34.6 Å². The number of carbonyl (C=O) groups is 1. The van der Waals surface area contributed by atoms with Gasteiger partial charge < -0.3 is 14.7 Å². The fourth-order valence-electron chi connectivity index (χ4n) is 8.21. The fraction of sp³-hybridized carbons (Fsp3) is 0.967. The van der Waals surface area contributed by atoms with Gasteiger partial charge in [-0.25, -0.2) is 0 Å². The summed E-state index contributed by atoms with van der Waals surface area (Å²) in [5.41, 5.74) is 1.81. The Hall–Kier alpha value is -0.650. The van der Waals surface area contributed by atoms with Gasteiger partial charge in [0.1, 0.15) is 0 Å². The Bertz CT molecular complexity index is 720. The number of aliphatic hydroxyl groups is 1. The van der Waals surface area contributed by atoms with Gasteiger partial charge in [0.15, 0.2) is 0 Å². The van der Waals surface area contributed by atoms with Crippen molar-refractivity contribution in [2.45, 2.75) is 92.9 Å². The van der Waals surface area contributed by atoms with Crippen LogP contribution in [0.3, 0.4) is 0 Å². The first kappa shape index (κ1) is 27.4. The number of esters is 1. The average Bonchev–Trinajstić information content (AvgIpc) is 2.71. The molecule has 0 aromatic heterocycles. The molecular weight excluding hydrogens is 436 g/mol. The SMILES string of the molecule is CCOC(=O)CN1CCC2(CC(C(C)(C)C)C2)C(CC(C)(C)C2CC3(CCN(CCO)CC3)C2)C1. The first-order valence-corrected chi connectivity index (χ1v) is 14.6. The van der Waals surface area contributed by atoms with Crippen LogP contribution in [0.4, 0.5) is 0 Å². The first-order valence-electron chi connectivity index (χ1n) is 14.6. The summed E-state index contributed by atoms with van der Waals surface area (Å²) in [7, 11) is 0. The molecule has 4 aliphatic rings. The maximum atomic E-state index is 12.2. The first-order chi connectivity index (χ1) is 16.4. The van der Waals surface area contributed by atoms with Crippen LogP contribution < -0.4 is 0 Å². The molecule has 0 aromatic rings. The molecule has 0 aromatic carbocycles. The third-order valence-electron chi connectivity index (χ3n) is 11.0. The highest BCUT2D eigenvalue weighted by Gasteiger charge is 2.57. The van der Waals surface area contributed by atoms with Gasteiger partial charge >= 0.3 is 5.97 Å². The van der Waals surface area contributed by atoms with Gasteiger partial charge in [-0.2, -0.15) is 0 Å². The number of β-amino-alcohol motifs (C(OH)–C–C–N with tert-alkyl or cyclic N) is 1. The van der Waals surface area contributed by atoms with E-state index >= 15 is 0 Å². The topological polar surface area (TPSA) is 53.0 Å². The second-order valence-corrected chi connectivity index (χ2v) is 14.7. The van der Waals surface area contributed by atoms with E-state index < -0.39 is 0 Å². The van der Waals surface area contributed by atoms with Gasteiger partial charge in [-0.05, 0) is 117 Å². The molecule has 202 valence electrons. The average molecular weight is 491 g/mol. The second-order valence-electron chi connectivity index (χ2n) is 14.7. The molecule has 0 bridgehead atoms. The second kappa shape index (κ2) is 10.3. The number of hydrogen-bond donors (Lipinski definition) is 1. The molecule has 2 spiro atoms. The minimum atomic E-state index is -0.0592. The highest BCUT2D eigenvalue weighted by atomic mass is 16.5. The van der Waals surface area contributed by atoms with Crippen LogP contribution in [0, 0.1) is 39.4 Å². The van der Waals surface area contributed by atoms with Crippen molar-refractivity contribution in [3.8, 4) is 0 Å². The zero-order valence-electron chi connectivity index (χ0n) is 23.7. The summed E-state index contributed by atoms with van der Waals surface area (Å²) in [6.07, 6.45) is 10.7. The van der Waals surface area contributed by atoms with E-state index in [9.17, 15) is 9.90 Å². The van der Waals surface area contributed by atoms with Crippen molar-refractivity contribution < 1.29 is 14.6 Å². The van der Waals surface area contributed by atoms with Crippen molar-refractivity contribution in [1.82, 2.24) is 9.80 Å². The molecule has 5 nitrogen and oxygen atoms in total. The number of aliphatic hydroxyl groups excluding tert-OH is 1. The molecule has 1 N–H and O–H groups in total. The highest BCUT2D eigenvalue weighted by Crippen LogP contribution is 2.64. The van der Waals surface area contributed by atoms with Crippen molar-refractivity contribution in [3.05, 3.63) is 0 Å². The molecule has 2 saturated heterocycles. The summed E-state index contributed by atoms with van der Waals surface area (Å²) >= 11 is 0. The van der Waals surface area contributed by atoms with Gasteiger partial charge in [0.05, 0.1) is 19.8 Å². The Morgan fingerprint density at radius 2 is 1.57 bits per heavy atom. The maximum absolute atomic E-state index is 12.2. The summed E-state index contributed by atoms with van der Waals surface area (Å²) in [5.74, 6) is 2.28. The van der Waals surface area contributed by atoms with Crippen LogP contribution in [0.15, 0.2) is 0 Å².